The third-order valence-corrected chi connectivity index (χ3v) is 4.63. The van der Waals surface area contributed by atoms with Crippen LogP contribution >= 0.6 is 11.8 Å². The van der Waals surface area contributed by atoms with Gasteiger partial charge in [0.15, 0.2) is 5.16 Å². The summed E-state index contributed by atoms with van der Waals surface area (Å²) in [6.07, 6.45) is 7.78. The molecule has 18 heavy (non-hydrogen) atoms. The molecule has 4 nitrogen and oxygen atoms in total. The molecule has 1 N–H and O–H groups in total. The molecular formula is C13H22N4S. The maximum Gasteiger partial charge on any atom is 0.191 e. The van der Waals surface area contributed by atoms with Gasteiger partial charge in [0, 0.05) is 17.7 Å². The lowest BCUT2D eigenvalue weighted by Gasteiger charge is -2.07. The summed E-state index contributed by atoms with van der Waals surface area (Å²) < 4.78 is 2.44. The van der Waals surface area contributed by atoms with Gasteiger partial charge in [-0.25, -0.2) is 0 Å². The first-order chi connectivity index (χ1) is 8.90. The van der Waals surface area contributed by atoms with Crippen LogP contribution in [-0.4, -0.2) is 34.1 Å². The van der Waals surface area contributed by atoms with Gasteiger partial charge in [-0.2, -0.15) is 0 Å². The van der Waals surface area contributed by atoms with Gasteiger partial charge in [-0.15, -0.1) is 10.2 Å². The van der Waals surface area contributed by atoms with Crippen molar-refractivity contribution in [1.82, 2.24) is 20.1 Å². The minimum atomic E-state index is 0.718. The Kier molecular flexibility index (Phi) is 3.89. The first-order valence-corrected chi connectivity index (χ1v) is 8.11. The van der Waals surface area contributed by atoms with Gasteiger partial charge < -0.3 is 9.88 Å². The predicted octanol–water partition coefficient (Wildman–Crippen LogP) is 2.58. The van der Waals surface area contributed by atoms with Gasteiger partial charge in [0.25, 0.3) is 0 Å². The molecule has 0 bridgehead atoms. The Hall–Kier alpha value is -0.550. The zero-order valence-corrected chi connectivity index (χ0v) is 11.9. The van der Waals surface area contributed by atoms with E-state index in [9.17, 15) is 0 Å². The fraction of sp³-hybridized carbons (Fsp3) is 0.846. The highest BCUT2D eigenvalue weighted by Crippen LogP contribution is 2.45. The van der Waals surface area contributed by atoms with Crippen LogP contribution in [-0.2, 0) is 0 Å². The first kappa shape index (κ1) is 12.5. The van der Waals surface area contributed by atoms with Crippen molar-refractivity contribution in [3.63, 3.8) is 0 Å². The second-order valence-corrected chi connectivity index (χ2v) is 6.44. The number of nitrogens with one attached hydrogen (secondary N) is 1. The van der Waals surface area contributed by atoms with E-state index in [1.807, 2.05) is 18.8 Å². The third-order valence-electron chi connectivity index (χ3n) is 3.60. The molecule has 100 valence electrons. The lowest BCUT2D eigenvalue weighted by Crippen LogP contribution is -2.07. The number of rotatable bonds is 8. The molecule has 3 rings (SSSR count). The summed E-state index contributed by atoms with van der Waals surface area (Å²) in [5.74, 6) is 3.16. The summed E-state index contributed by atoms with van der Waals surface area (Å²) in [5.41, 5.74) is 0. The van der Waals surface area contributed by atoms with E-state index in [4.69, 9.17) is 0 Å². The number of hydrogen-bond acceptors (Lipinski definition) is 4. The molecule has 0 aliphatic heterocycles. The van der Waals surface area contributed by atoms with Crippen LogP contribution < -0.4 is 5.32 Å². The van der Waals surface area contributed by atoms with Crippen LogP contribution in [0, 0.1) is 0 Å². The highest BCUT2D eigenvalue weighted by atomic mass is 32.2. The van der Waals surface area contributed by atoms with Crippen molar-refractivity contribution in [2.45, 2.75) is 55.6 Å². The van der Waals surface area contributed by atoms with Gasteiger partial charge in [0.05, 0.1) is 0 Å². The lowest BCUT2D eigenvalue weighted by atomic mass is 10.3. The Bertz CT molecular complexity index is 396. The molecule has 0 amide bonds. The second-order valence-electron chi connectivity index (χ2n) is 5.38. The van der Waals surface area contributed by atoms with Crippen molar-refractivity contribution in [3.8, 4) is 0 Å². The average Bonchev–Trinajstić information content (AvgIpc) is 3.28. The second kappa shape index (κ2) is 5.61. The molecule has 0 unspecified atom stereocenters. The monoisotopic (exact) mass is 266 g/mol. The zero-order chi connectivity index (χ0) is 12.4. The van der Waals surface area contributed by atoms with Crippen LogP contribution in [0.15, 0.2) is 5.16 Å². The number of nitrogens with zero attached hydrogens (tertiary/aromatic N) is 3. The summed E-state index contributed by atoms with van der Waals surface area (Å²) in [7, 11) is 2.01. The van der Waals surface area contributed by atoms with E-state index < -0.39 is 0 Å². The van der Waals surface area contributed by atoms with E-state index in [1.165, 1.54) is 49.5 Å². The minimum Gasteiger partial charge on any atom is -0.320 e. The molecule has 5 heteroatoms. The standard InChI is InChI=1S/C13H22N4S/c1-14-8-2-3-9-18-13-16-15-12(10-4-5-10)17(13)11-6-7-11/h10-11,14H,2-9H2,1H3. The van der Waals surface area contributed by atoms with Gasteiger partial charge in [0.2, 0.25) is 0 Å². The minimum absolute atomic E-state index is 0.718. The number of unbranched alkanes of at least 4 members (excludes halogenated alkanes) is 1. The molecule has 0 radical (unpaired) electrons. The largest absolute Gasteiger partial charge is 0.320 e. The quantitative estimate of drug-likeness (QED) is 0.580. The van der Waals surface area contributed by atoms with Crippen molar-refractivity contribution in [2.24, 2.45) is 0 Å². The number of aromatic nitrogens is 3. The molecule has 2 fully saturated rings. The van der Waals surface area contributed by atoms with E-state index in [0.717, 1.165) is 24.3 Å². The van der Waals surface area contributed by atoms with Gasteiger partial charge in [-0.1, -0.05) is 11.8 Å². The van der Waals surface area contributed by atoms with Crippen molar-refractivity contribution < 1.29 is 0 Å². The Morgan fingerprint density at radius 3 is 2.72 bits per heavy atom. The third kappa shape index (κ3) is 2.88. The first-order valence-electron chi connectivity index (χ1n) is 7.12. The van der Waals surface area contributed by atoms with E-state index in [1.54, 1.807) is 0 Å². The molecule has 0 saturated heterocycles. The maximum absolute atomic E-state index is 4.43. The number of thioether (sulfide) groups is 1. The molecule has 2 aliphatic rings. The highest BCUT2D eigenvalue weighted by molar-refractivity contribution is 7.99. The Balaban J connectivity index is 1.57. The van der Waals surface area contributed by atoms with E-state index >= 15 is 0 Å². The van der Waals surface area contributed by atoms with E-state index in [0.29, 0.717) is 0 Å². The van der Waals surface area contributed by atoms with Crippen LogP contribution in [0.4, 0.5) is 0 Å². The van der Waals surface area contributed by atoms with Crippen LogP contribution in [0.25, 0.3) is 0 Å². The van der Waals surface area contributed by atoms with Crippen molar-refractivity contribution in [3.05, 3.63) is 5.82 Å². The SMILES string of the molecule is CNCCCCSc1nnc(C2CC2)n1C1CC1. The van der Waals surface area contributed by atoms with Crippen LogP contribution in [0.1, 0.15) is 56.3 Å². The summed E-state index contributed by atoms with van der Waals surface area (Å²) in [4.78, 5) is 0. The summed E-state index contributed by atoms with van der Waals surface area (Å²) in [6.45, 7) is 1.11. The maximum atomic E-state index is 4.43. The molecule has 1 aromatic rings. The highest BCUT2D eigenvalue weighted by Gasteiger charge is 2.36. The Labute approximate surface area is 113 Å². The Morgan fingerprint density at radius 1 is 1.22 bits per heavy atom. The van der Waals surface area contributed by atoms with Gasteiger partial charge in [-0.05, 0) is 52.1 Å². The van der Waals surface area contributed by atoms with Gasteiger partial charge >= 0.3 is 0 Å². The van der Waals surface area contributed by atoms with Crippen molar-refractivity contribution >= 4 is 11.8 Å². The van der Waals surface area contributed by atoms with Gasteiger partial charge in [-0.3, -0.25) is 0 Å². The van der Waals surface area contributed by atoms with E-state index in [2.05, 4.69) is 20.1 Å². The summed E-state index contributed by atoms with van der Waals surface area (Å²) in [6, 6.07) is 0.718. The summed E-state index contributed by atoms with van der Waals surface area (Å²) >= 11 is 1.89. The van der Waals surface area contributed by atoms with Gasteiger partial charge in [0.1, 0.15) is 5.82 Å². The van der Waals surface area contributed by atoms with Crippen LogP contribution in [0.5, 0.6) is 0 Å². The molecule has 1 aromatic heterocycles. The molecule has 1 heterocycles. The fourth-order valence-corrected chi connectivity index (χ4v) is 3.26. The molecule has 0 spiro atoms. The topological polar surface area (TPSA) is 42.7 Å². The van der Waals surface area contributed by atoms with Crippen molar-refractivity contribution in [2.75, 3.05) is 19.3 Å². The smallest absolute Gasteiger partial charge is 0.191 e. The summed E-state index contributed by atoms with van der Waals surface area (Å²) in [5, 5.41) is 13.2. The Morgan fingerprint density at radius 2 is 2.06 bits per heavy atom. The molecular weight excluding hydrogens is 244 g/mol. The van der Waals surface area contributed by atoms with Crippen molar-refractivity contribution in [1.29, 1.82) is 0 Å². The normalized spacial score (nSPS) is 19.4. The van der Waals surface area contributed by atoms with E-state index in [-0.39, 0.29) is 0 Å². The molecule has 2 aliphatic carbocycles. The number of hydrogen-bond donors (Lipinski definition) is 1. The lowest BCUT2D eigenvalue weighted by molar-refractivity contribution is 0.626. The van der Waals surface area contributed by atoms with Crippen LogP contribution in [0.2, 0.25) is 0 Å². The fourth-order valence-electron chi connectivity index (χ4n) is 2.25. The van der Waals surface area contributed by atoms with Crippen LogP contribution in [0.3, 0.4) is 0 Å². The molecule has 0 aromatic carbocycles. The predicted molar refractivity (Wildman–Crippen MR) is 74.2 cm³/mol. The zero-order valence-electron chi connectivity index (χ0n) is 11.1. The molecule has 2 saturated carbocycles. The average molecular weight is 266 g/mol. The molecule has 0 atom stereocenters.